The fourth-order valence-electron chi connectivity index (χ4n) is 3.80. The van der Waals surface area contributed by atoms with Crippen molar-refractivity contribution in [2.45, 2.75) is 122 Å². The van der Waals surface area contributed by atoms with Crippen LogP contribution in [0, 0.1) is 6.92 Å². The summed E-state index contributed by atoms with van der Waals surface area (Å²) in [7, 11) is 0. The summed E-state index contributed by atoms with van der Waals surface area (Å²) in [4.78, 5) is 0. The molecule has 1 aromatic rings. The molecule has 30 heavy (non-hydrogen) atoms. The zero-order chi connectivity index (χ0) is 21.5. The van der Waals surface area contributed by atoms with E-state index in [1.54, 1.807) is 0 Å². The van der Waals surface area contributed by atoms with Gasteiger partial charge in [0.1, 0.15) is 0 Å². The highest BCUT2D eigenvalue weighted by Crippen LogP contribution is 2.13. The Bertz CT molecular complexity index is 445. The van der Waals surface area contributed by atoms with Crippen molar-refractivity contribution in [1.82, 2.24) is 0 Å². The molecule has 0 aliphatic rings. The van der Waals surface area contributed by atoms with Gasteiger partial charge in [-0.15, -0.1) is 0 Å². The summed E-state index contributed by atoms with van der Waals surface area (Å²) in [6.07, 6.45) is 22.3. The summed E-state index contributed by atoms with van der Waals surface area (Å²) in [5.74, 6) is 0. The van der Waals surface area contributed by atoms with E-state index >= 15 is 0 Å². The summed E-state index contributed by atoms with van der Waals surface area (Å²) in [6.45, 7) is 8.34. The van der Waals surface area contributed by atoms with Crippen LogP contribution in [0.25, 0.3) is 0 Å². The molecule has 1 rings (SSSR count). The second kappa shape index (κ2) is 21.4. The van der Waals surface area contributed by atoms with E-state index < -0.39 is 0 Å². The summed E-state index contributed by atoms with van der Waals surface area (Å²) in [5.41, 5.74) is 1.18. The van der Waals surface area contributed by atoms with Crippen LogP contribution in [0.2, 0.25) is 0 Å². The molecule has 1 aromatic carbocycles. The van der Waals surface area contributed by atoms with Gasteiger partial charge in [-0.05, 0) is 18.9 Å². The maximum Gasteiger partial charge on any atom is 0.0814 e. The van der Waals surface area contributed by atoms with Crippen LogP contribution < -0.4 is 0 Å². The maximum atomic E-state index is 5.73. The van der Waals surface area contributed by atoms with Crippen molar-refractivity contribution in [3.8, 4) is 0 Å². The largest absolute Gasteiger partial charge is 0.379 e. The van der Waals surface area contributed by atoms with E-state index in [0.717, 1.165) is 13.0 Å². The molecule has 0 aliphatic carbocycles. The standard InChI is InChI=1S/C28H49O2/c1-3-4-5-6-7-8-9-10-11-12-13-14-15-16-17-21-24-29-25-27(2)30-26-28-22-19-18-20-23-28/h18-20,22-23,27H,2-17,21,24-26H2,1H3. The molecule has 0 fully saturated rings. The molecule has 1 radical (unpaired) electrons. The van der Waals surface area contributed by atoms with Crippen molar-refractivity contribution in [3.63, 3.8) is 0 Å². The van der Waals surface area contributed by atoms with Crippen LogP contribution in [-0.2, 0) is 16.1 Å². The number of hydrogen-bond acceptors (Lipinski definition) is 2. The van der Waals surface area contributed by atoms with E-state index in [9.17, 15) is 0 Å². The number of hydrogen-bond donors (Lipinski definition) is 0. The minimum atomic E-state index is -0.0914. The molecule has 0 heterocycles. The Balaban J connectivity index is 1.72. The van der Waals surface area contributed by atoms with Gasteiger partial charge in [0.25, 0.3) is 0 Å². The zero-order valence-electron chi connectivity index (χ0n) is 19.9. The van der Waals surface area contributed by atoms with Gasteiger partial charge in [0.2, 0.25) is 0 Å². The van der Waals surface area contributed by atoms with Crippen molar-refractivity contribution in [2.24, 2.45) is 0 Å². The number of rotatable bonds is 22. The summed E-state index contributed by atoms with van der Waals surface area (Å²) in [5, 5.41) is 0. The van der Waals surface area contributed by atoms with E-state index in [0.29, 0.717) is 13.2 Å². The molecule has 173 valence electrons. The lowest BCUT2D eigenvalue weighted by Crippen LogP contribution is -2.16. The lowest BCUT2D eigenvalue weighted by molar-refractivity contribution is -0.00217. The Labute approximate surface area is 188 Å². The van der Waals surface area contributed by atoms with Gasteiger partial charge in [-0.3, -0.25) is 0 Å². The van der Waals surface area contributed by atoms with Gasteiger partial charge < -0.3 is 9.47 Å². The van der Waals surface area contributed by atoms with Crippen LogP contribution in [0.15, 0.2) is 30.3 Å². The first-order chi connectivity index (χ1) is 14.8. The Morgan fingerprint density at radius 3 is 1.63 bits per heavy atom. The van der Waals surface area contributed by atoms with Crippen LogP contribution in [0.3, 0.4) is 0 Å². The molecule has 0 amide bonds. The molecule has 1 unspecified atom stereocenters. The van der Waals surface area contributed by atoms with Gasteiger partial charge in [-0.25, -0.2) is 0 Å². The van der Waals surface area contributed by atoms with Crippen molar-refractivity contribution in [2.75, 3.05) is 13.2 Å². The molecule has 0 N–H and O–H groups in total. The van der Waals surface area contributed by atoms with Crippen molar-refractivity contribution >= 4 is 0 Å². The fourth-order valence-corrected chi connectivity index (χ4v) is 3.80. The van der Waals surface area contributed by atoms with Crippen LogP contribution in [0.4, 0.5) is 0 Å². The molecular formula is C28H49O2. The van der Waals surface area contributed by atoms with Gasteiger partial charge in [0.15, 0.2) is 0 Å². The van der Waals surface area contributed by atoms with E-state index in [1.807, 2.05) is 18.2 Å². The lowest BCUT2D eigenvalue weighted by Gasteiger charge is -2.13. The number of unbranched alkanes of at least 4 members (excludes halogenated alkanes) is 15. The van der Waals surface area contributed by atoms with Gasteiger partial charge >= 0.3 is 0 Å². The fraction of sp³-hybridized carbons (Fsp3) is 0.750. The maximum absolute atomic E-state index is 5.73. The molecule has 0 bridgehead atoms. The van der Waals surface area contributed by atoms with Crippen LogP contribution in [0.5, 0.6) is 0 Å². The molecule has 1 atom stereocenters. The molecule has 2 heteroatoms. The first-order valence-electron chi connectivity index (χ1n) is 12.9. The molecule has 0 aromatic heterocycles. The van der Waals surface area contributed by atoms with Crippen molar-refractivity contribution in [1.29, 1.82) is 0 Å². The van der Waals surface area contributed by atoms with Gasteiger partial charge in [-0.2, -0.15) is 0 Å². The third-order valence-electron chi connectivity index (χ3n) is 5.77. The van der Waals surface area contributed by atoms with E-state index in [-0.39, 0.29) is 6.10 Å². The van der Waals surface area contributed by atoms with Crippen LogP contribution >= 0.6 is 0 Å². The average Bonchev–Trinajstić information content (AvgIpc) is 2.77. The second-order valence-electron chi connectivity index (χ2n) is 8.80. The third kappa shape index (κ3) is 18.0. The van der Waals surface area contributed by atoms with Gasteiger partial charge in [0.05, 0.1) is 19.3 Å². The first kappa shape index (κ1) is 27.2. The molecule has 0 aliphatic heterocycles. The first-order valence-corrected chi connectivity index (χ1v) is 12.9. The summed E-state index contributed by atoms with van der Waals surface area (Å²) in [6, 6.07) is 10.2. The molecular weight excluding hydrogens is 368 g/mol. The van der Waals surface area contributed by atoms with Gasteiger partial charge in [0, 0.05) is 6.61 Å². The Morgan fingerprint density at radius 1 is 0.667 bits per heavy atom. The Kier molecular flexibility index (Phi) is 19.4. The van der Waals surface area contributed by atoms with E-state index in [1.165, 1.54) is 102 Å². The topological polar surface area (TPSA) is 18.5 Å². The highest BCUT2D eigenvalue weighted by molar-refractivity contribution is 5.13. The minimum Gasteiger partial charge on any atom is -0.379 e. The zero-order valence-corrected chi connectivity index (χ0v) is 19.9. The highest BCUT2D eigenvalue weighted by atomic mass is 16.5. The van der Waals surface area contributed by atoms with E-state index in [4.69, 9.17) is 9.47 Å². The van der Waals surface area contributed by atoms with Crippen LogP contribution in [-0.4, -0.2) is 19.3 Å². The lowest BCUT2D eigenvalue weighted by atomic mass is 10.0. The third-order valence-corrected chi connectivity index (χ3v) is 5.77. The number of ether oxygens (including phenoxy) is 2. The van der Waals surface area contributed by atoms with Crippen LogP contribution in [0.1, 0.15) is 115 Å². The normalized spacial score (nSPS) is 12.3. The Hall–Kier alpha value is -0.860. The Morgan fingerprint density at radius 2 is 1.13 bits per heavy atom. The van der Waals surface area contributed by atoms with Crippen molar-refractivity contribution in [3.05, 3.63) is 42.8 Å². The monoisotopic (exact) mass is 417 g/mol. The average molecular weight is 418 g/mol. The summed E-state index contributed by atoms with van der Waals surface area (Å²) < 4.78 is 11.4. The number of benzene rings is 1. The van der Waals surface area contributed by atoms with Crippen molar-refractivity contribution < 1.29 is 9.47 Å². The predicted octanol–water partition coefficient (Wildman–Crippen LogP) is 8.68. The molecule has 0 saturated carbocycles. The van der Waals surface area contributed by atoms with E-state index in [2.05, 4.69) is 26.0 Å². The molecule has 0 spiro atoms. The second-order valence-corrected chi connectivity index (χ2v) is 8.80. The molecule has 2 nitrogen and oxygen atoms in total. The SMILES string of the molecule is [CH2]C(COCCCCCCCCCCCCCCCCCC)OCc1ccccc1. The van der Waals surface area contributed by atoms with Gasteiger partial charge in [-0.1, -0.05) is 134 Å². The predicted molar refractivity (Wildman–Crippen MR) is 131 cm³/mol. The summed E-state index contributed by atoms with van der Waals surface area (Å²) >= 11 is 0. The highest BCUT2D eigenvalue weighted by Gasteiger charge is 2.03. The molecule has 0 saturated heterocycles. The smallest absolute Gasteiger partial charge is 0.0814 e. The quantitative estimate of drug-likeness (QED) is 0.176. The minimum absolute atomic E-state index is 0.0914.